The molecule has 20 heavy (non-hydrogen) atoms. The van der Waals surface area contributed by atoms with E-state index >= 15 is 0 Å². The highest BCUT2D eigenvalue weighted by Crippen LogP contribution is 2.36. The van der Waals surface area contributed by atoms with Crippen LogP contribution in [0, 0.1) is 0 Å². The van der Waals surface area contributed by atoms with Gasteiger partial charge in [-0.3, -0.25) is 4.98 Å². The van der Waals surface area contributed by atoms with Gasteiger partial charge >= 0.3 is 0 Å². The Kier molecular flexibility index (Phi) is 3.83. The summed E-state index contributed by atoms with van der Waals surface area (Å²) < 4.78 is 0. The number of aryl methyl sites for hydroxylation is 1. The highest BCUT2D eigenvalue weighted by Gasteiger charge is 2.24. The van der Waals surface area contributed by atoms with E-state index in [1.165, 1.54) is 28.8 Å². The standard InChI is InChI=1S/C18H22N2/c1-3-17(19-2)14-8-6-13(7-9-14)16-11-10-15-5-4-12-20-18(15)16/h4-9,12,16-17,19H,3,10-11H2,1-2H3. The minimum atomic E-state index is 0.457. The van der Waals surface area contributed by atoms with Crippen molar-refractivity contribution in [2.45, 2.75) is 38.1 Å². The monoisotopic (exact) mass is 266 g/mol. The third-order valence-electron chi connectivity index (χ3n) is 4.46. The Morgan fingerprint density at radius 3 is 2.75 bits per heavy atom. The SMILES string of the molecule is CCC(NC)c1ccc(C2CCc3cccnc32)cc1. The first kappa shape index (κ1) is 13.3. The highest BCUT2D eigenvalue weighted by molar-refractivity contribution is 5.39. The van der Waals surface area contributed by atoms with E-state index in [-0.39, 0.29) is 0 Å². The van der Waals surface area contributed by atoms with Crippen LogP contribution in [-0.2, 0) is 6.42 Å². The lowest BCUT2D eigenvalue weighted by atomic mass is 9.94. The summed E-state index contributed by atoms with van der Waals surface area (Å²) in [7, 11) is 2.03. The Bertz CT molecular complexity index is 570. The molecule has 0 spiro atoms. The summed E-state index contributed by atoms with van der Waals surface area (Å²) in [6, 6.07) is 13.8. The molecule has 2 atom stereocenters. The summed E-state index contributed by atoms with van der Waals surface area (Å²) >= 11 is 0. The third-order valence-corrected chi connectivity index (χ3v) is 4.46. The first-order valence-corrected chi connectivity index (χ1v) is 7.54. The number of benzene rings is 1. The van der Waals surface area contributed by atoms with Gasteiger partial charge in [-0.05, 0) is 49.1 Å². The smallest absolute Gasteiger partial charge is 0.0510 e. The fourth-order valence-corrected chi connectivity index (χ4v) is 3.30. The Labute approximate surface area is 121 Å². The zero-order chi connectivity index (χ0) is 13.9. The van der Waals surface area contributed by atoms with Crippen molar-refractivity contribution in [2.75, 3.05) is 7.05 Å². The summed E-state index contributed by atoms with van der Waals surface area (Å²) in [6.45, 7) is 2.21. The first-order valence-electron chi connectivity index (χ1n) is 7.54. The summed E-state index contributed by atoms with van der Waals surface area (Å²) in [5.41, 5.74) is 5.47. The number of hydrogen-bond donors (Lipinski definition) is 1. The molecule has 2 nitrogen and oxygen atoms in total. The highest BCUT2D eigenvalue weighted by atomic mass is 14.9. The van der Waals surface area contributed by atoms with Gasteiger partial charge in [-0.25, -0.2) is 0 Å². The normalized spacial score (nSPS) is 18.8. The molecule has 1 heterocycles. The van der Waals surface area contributed by atoms with E-state index in [9.17, 15) is 0 Å². The molecule has 2 heteroatoms. The van der Waals surface area contributed by atoms with Crippen LogP contribution in [0.3, 0.4) is 0 Å². The van der Waals surface area contributed by atoms with Crippen LogP contribution < -0.4 is 5.32 Å². The number of rotatable bonds is 4. The van der Waals surface area contributed by atoms with E-state index in [4.69, 9.17) is 0 Å². The molecule has 1 aromatic carbocycles. The van der Waals surface area contributed by atoms with Crippen molar-refractivity contribution >= 4 is 0 Å². The lowest BCUT2D eigenvalue weighted by Crippen LogP contribution is -2.15. The molecule has 2 unspecified atom stereocenters. The number of hydrogen-bond acceptors (Lipinski definition) is 2. The Balaban J connectivity index is 1.86. The number of nitrogens with one attached hydrogen (secondary N) is 1. The van der Waals surface area contributed by atoms with Crippen molar-refractivity contribution in [2.24, 2.45) is 0 Å². The molecular weight excluding hydrogens is 244 g/mol. The average Bonchev–Trinajstić information content (AvgIpc) is 2.93. The second-order valence-corrected chi connectivity index (χ2v) is 5.56. The van der Waals surface area contributed by atoms with E-state index in [2.05, 4.69) is 47.6 Å². The summed E-state index contributed by atoms with van der Waals surface area (Å²) in [5.74, 6) is 0.481. The molecule has 0 amide bonds. The number of pyridine rings is 1. The molecule has 0 aliphatic heterocycles. The van der Waals surface area contributed by atoms with Gasteiger partial charge < -0.3 is 5.32 Å². The molecule has 0 saturated heterocycles. The van der Waals surface area contributed by atoms with Crippen molar-refractivity contribution in [3.05, 3.63) is 65.0 Å². The molecule has 0 radical (unpaired) electrons. The van der Waals surface area contributed by atoms with Gasteiger partial charge in [-0.15, -0.1) is 0 Å². The number of aromatic nitrogens is 1. The van der Waals surface area contributed by atoms with Crippen molar-refractivity contribution in [3.8, 4) is 0 Å². The summed E-state index contributed by atoms with van der Waals surface area (Å²) in [5, 5.41) is 3.36. The van der Waals surface area contributed by atoms with Crippen LogP contribution in [0.1, 0.15) is 54.1 Å². The van der Waals surface area contributed by atoms with Gasteiger partial charge in [0.1, 0.15) is 0 Å². The third kappa shape index (κ3) is 2.36. The number of nitrogens with zero attached hydrogens (tertiary/aromatic N) is 1. The molecule has 1 aromatic heterocycles. The van der Waals surface area contributed by atoms with Crippen molar-refractivity contribution in [1.29, 1.82) is 0 Å². The van der Waals surface area contributed by atoms with Gasteiger partial charge in [-0.1, -0.05) is 37.3 Å². The van der Waals surface area contributed by atoms with E-state index in [0.29, 0.717) is 12.0 Å². The first-order chi connectivity index (χ1) is 9.83. The van der Waals surface area contributed by atoms with E-state index < -0.39 is 0 Å². The van der Waals surface area contributed by atoms with Crippen molar-refractivity contribution in [1.82, 2.24) is 10.3 Å². The molecule has 104 valence electrons. The second-order valence-electron chi connectivity index (χ2n) is 5.56. The van der Waals surface area contributed by atoms with Crippen LogP contribution >= 0.6 is 0 Å². The largest absolute Gasteiger partial charge is 0.313 e. The van der Waals surface area contributed by atoms with Crippen LogP contribution in [0.25, 0.3) is 0 Å². The zero-order valence-electron chi connectivity index (χ0n) is 12.3. The van der Waals surface area contributed by atoms with Crippen LogP contribution in [0.2, 0.25) is 0 Å². The summed E-state index contributed by atoms with van der Waals surface area (Å²) in [4.78, 5) is 4.59. The molecule has 1 aliphatic carbocycles. The minimum Gasteiger partial charge on any atom is -0.313 e. The Hall–Kier alpha value is -1.67. The van der Waals surface area contributed by atoms with Gasteiger partial charge in [0.2, 0.25) is 0 Å². The quantitative estimate of drug-likeness (QED) is 0.909. The Morgan fingerprint density at radius 2 is 2.05 bits per heavy atom. The van der Waals surface area contributed by atoms with Crippen molar-refractivity contribution in [3.63, 3.8) is 0 Å². The average molecular weight is 266 g/mol. The molecule has 3 rings (SSSR count). The molecular formula is C18H22N2. The van der Waals surface area contributed by atoms with E-state index in [1.807, 2.05) is 19.3 Å². The molecule has 0 fully saturated rings. The van der Waals surface area contributed by atoms with Crippen LogP contribution in [-0.4, -0.2) is 12.0 Å². The van der Waals surface area contributed by atoms with Crippen LogP contribution in [0.15, 0.2) is 42.6 Å². The zero-order valence-corrected chi connectivity index (χ0v) is 12.3. The van der Waals surface area contributed by atoms with Gasteiger partial charge in [-0.2, -0.15) is 0 Å². The van der Waals surface area contributed by atoms with E-state index in [0.717, 1.165) is 12.8 Å². The van der Waals surface area contributed by atoms with E-state index in [1.54, 1.807) is 0 Å². The predicted octanol–water partition coefficient (Wildman–Crippen LogP) is 3.83. The van der Waals surface area contributed by atoms with Crippen molar-refractivity contribution < 1.29 is 0 Å². The van der Waals surface area contributed by atoms with Gasteiger partial charge in [0.15, 0.2) is 0 Å². The van der Waals surface area contributed by atoms with Gasteiger partial charge in [0.05, 0.1) is 5.69 Å². The van der Waals surface area contributed by atoms with Gasteiger partial charge in [0.25, 0.3) is 0 Å². The second kappa shape index (κ2) is 5.76. The maximum absolute atomic E-state index is 4.59. The minimum absolute atomic E-state index is 0.457. The molecule has 0 saturated carbocycles. The fourth-order valence-electron chi connectivity index (χ4n) is 3.30. The predicted molar refractivity (Wildman–Crippen MR) is 82.9 cm³/mol. The molecule has 0 bridgehead atoms. The number of fused-ring (bicyclic) bond motifs is 1. The molecule has 2 aromatic rings. The maximum Gasteiger partial charge on any atom is 0.0510 e. The maximum atomic E-state index is 4.59. The van der Waals surface area contributed by atoms with Crippen LogP contribution in [0.4, 0.5) is 0 Å². The fraction of sp³-hybridized carbons (Fsp3) is 0.389. The molecule has 1 aliphatic rings. The topological polar surface area (TPSA) is 24.9 Å². The summed E-state index contributed by atoms with van der Waals surface area (Å²) in [6.07, 6.45) is 5.38. The molecule has 1 N–H and O–H groups in total. The Morgan fingerprint density at radius 1 is 1.25 bits per heavy atom. The lowest BCUT2D eigenvalue weighted by molar-refractivity contribution is 0.576. The lowest BCUT2D eigenvalue weighted by Gasteiger charge is -2.16. The van der Waals surface area contributed by atoms with Gasteiger partial charge in [0, 0.05) is 18.2 Å². The van der Waals surface area contributed by atoms with Crippen LogP contribution in [0.5, 0.6) is 0 Å².